The molecule has 0 unspecified atom stereocenters. The molecular formula is C13H19Cl2FN2O2. The maximum atomic E-state index is 13.0. The van der Waals surface area contributed by atoms with E-state index in [1.807, 2.05) is 11.0 Å². The lowest BCUT2D eigenvalue weighted by Gasteiger charge is -2.33. The van der Waals surface area contributed by atoms with Gasteiger partial charge in [-0.3, -0.25) is 14.6 Å². The molecule has 0 amide bonds. The van der Waals surface area contributed by atoms with E-state index >= 15 is 0 Å². The minimum Gasteiger partial charge on any atom is -0.480 e. The van der Waals surface area contributed by atoms with Gasteiger partial charge in [0.25, 0.3) is 0 Å². The summed E-state index contributed by atoms with van der Waals surface area (Å²) in [5.74, 6) is -0.995. The first-order valence-electron chi connectivity index (χ1n) is 6.04. The normalized spacial score (nSPS) is 16.1. The SMILES string of the molecule is Cl.Cl.O=C(O)CN1CCN(Cc2cccc(F)c2)CC1. The van der Waals surface area contributed by atoms with Gasteiger partial charge in [-0.25, -0.2) is 4.39 Å². The first-order valence-corrected chi connectivity index (χ1v) is 6.04. The third-order valence-corrected chi connectivity index (χ3v) is 3.12. The standard InChI is InChI=1S/C13H17FN2O2.2ClH/c14-12-3-1-2-11(8-12)9-15-4-6-16(7-5-15)10-13(17)18;;/h1-3,8H,4-7,9-10H2,(H,17,18);2*1H. The zero-order valence-corrected chi connectivity index (χ0v) is 12.6. The minimum atomic E-state index is -0.784. The molecule has 4 nitrogen and oxygen atoms in total. The van der Waals surface area contributed by atoms with Crippen LogP contribution >= 0.6 is 24.8 Å². The molecule has 7 heteroatoms. The van der Waals surface area contributed by atoms with E-state index in [2.05, 4.69) is 4.90 Å². The highest BCUT2D eigenvalue weighted by Crippen LogP contribution is 2.09. The van der Waals surface area contributed by atoms with Crippen LogP contribution in [0.4, 0.5) is 4.39 Å². The van der Waals surface area contributed by atoms with Gasteiger partial charge in [0, 0.05) is 32.7 Å². The first-order chi connectivity index (χ1) is 8.63. The summed E-state index contributed by atoms with van der Waals surface area (Å²) in [6.07, 6.45) is 0. The van der Waals surface area contributed by atoms with Crippen molar-refractivity contribution in [3.05, 3.63) is 35.6 Å². The van der Waals surface area contributed by atoms with Crippen LogP contribution in [0.25, 0.3) is 0 Å². The largest absolute Gasteiger partial charge is 0.480 e. The highest BCUT2D eigenvalue weighted by Gasteiger charge is 2.18. The summed E-state index contributed by atoms with van der Waals surface area (Å²) < 4.78 is 13.0. The van der Waals surface area contributed by atoms with Gasteiger partial charge in [0.1, 0.15) is 5.82 Å². The third-order valence-electron chi connectivity index (χ3n) is 3.12. The Balaban J connectivity index is 0.00000180. The number of hydrogen-bond acceptors (Lipinski definition) is 3. The van der Waals surface area contributed by atoms with Crippen molar-refractivity contribution in [1.29, 1.82) is 0 Å². The molecule has 0 spiro atoms. The van der Waals surface area contributed by atoms with Gasteiger partial charge in [0.2, 0.25) is 0 Å². The number of hydrogen-bond donors (Lipinski definition) is 1. The summed E-state index contributed by atoms with van der Waals surface area (Å²) in [7, 11) is 0. The van der Waals surface area contributed by atoms with Crippen LogP contribution in [0.5, 0.6) is 0 Å². The molecule has 1 N–H and O–H groups in total. The lowest BCUT2D eigenvalue weighted by Crippen LogP contribution is -2.47. The average Bonchev–Trinajstić information content (AvgIpc) is 2.31. The molecule has 0 aromatic heterocycles. The maximum Gasteiger partial charge on any atom is 0.317 e. The van der Waals surface area contributed by atoms with Crippen LogP contribution < -0.4 is 0 Å². The van der Waals surface area contributed by atoms with Crippen LogP contribution in [0, 0.1) is 5.82 Å². The van der Waals surface area contributed by atoms with E-state index in [1.165, 1.54) is 6.07 Å². The highest BCUT2D eigenvalue weighted by molar-refractivity contribution is 5.85. The van der Waals surface area contributed by atoms with Crippen LogP contribution in [0.15, 0.2) is 24.3 Å². The molecule has 0 bridgehead atoms. The molecule has 1 aromatic carbocycles. The highest BCUT2D eigenvalue weighted by atomic mass is 35.5. The van der Waals surface area contributed by atoms with Gasteiger partial charge in [0.05, 0.1) is 6.54 Å². The van der Waals surface area contributed by atoms with Crippen LogP contribution in [0.2, 0.25) is 0 Å². The lowest BCUT2D eigenvalue weighted by atomic mass is 10.2. The molecule has 114 valence electrons. The summed E-state index contributed by atoms with van der Waals surface area (Å²) in [5, 5.41) is 8.70. The number of carbonyl (C=O) groups is 1. The Hall–Kier alpha value is -0.880. The van der Waals surface area contributed by atoms with Crippen LogP contribution in [-0.4, -0.2) is 53.6 Å². The number of carboxylic acids is 1. The number of halogens is 3. The Kier molecular flexibility index (Phi) is 8.73. The molecule has 0 saturated carbocycles. The minimum absolute atomic E-state index is 0. The Morgan fingerprint density at radius 2 is 1.75 bits per heavy atom. The predicted octanol–water partition coefficient (Wildman–Crippen LogP) is 1.87. The van der Waals surface area contributed by atoms with E-state index in [1.54, 1.807) is 12.1 Å². The molecule has 20 heavy (non-hydrogen) atoms. The summed E-state index contributed by atoms with van der Waals surface area (Å²) in [5.41, 5.74) is 0.960. The summed E-state index contributed by atoms with van der Waals surface area (Å²) in [4.78, 5) is 14.7. The van der Waals surface area contributed by atoms with Crippen molar-refractivity contribution < 1.29 is 14.3 Å². The molecular weight excluding hydrogens is 306 g/mol. The van der Waals surface area contributed by atoms with Gasteiger partial charge in [0.15, 0.2) is 0 Å². The Morgan fingerprint density at radius 1 is 1.15 bits per heavy atom. The van der Waals surface area contributed by atoms with Gasteiger partial charge in [-0.05, 0) is 17.7 Å². The molecule has 1 heterocycles. The fraction of sp³-hybridized carbons (Fsp3) is 0.462. The summed E-state index contributed by atoms with van der Waals surface area (Å²) in [6, 6.07) is 6.61. The molecule has 1 aromatic rings. The van der Waals surface area contributed by atoms with Gasteiger partial charge in [-0.2, -0.15) is 0 Å². The van der Waals surface area contributed by atoms with E-state index < -0.39 is 5.97 Å². The number of piperazine rings is 1. The second-order valence-electron chi connectivity index (χ2n) is 4.58. The van der Waals surface area contributed by atoms with Gasteiger partial charge in [-0.15, -0.1) is 24.8 Å². The molecule has 0 atom stereocenters. The van der Waals surface area contributed by atoms with E-state index in [0.29, 0.717) is 0 Å². The summed E-state index contributed by atoms with van der Waals surface area (Å²) in [6.45, 7) is 3.98. The Bertz CT molecular complexity index is 427. The fourth-order valence-electron chi connectivity index (χ4n) is 2.19. The Morgan fingerprint density at radius 3 is 2.30 bits per heavy atom. The van der Waals surface area contributed by atoms with Crippen LogP contribution in [0.3, 0.4) is 0 Å². The molecule has 1 aliphatic rings. The maximum absolute atomic E-state index is 13.0. The molecule has 2 rings (SSSR count). The van der Waals surface area contributed by atoms with Gasteiger partial charge >= 0.3 is 5.97 Å². The van der Waals surface area contributed by atoms with Gasteiger partial charge < -0.3 is 5.11 Å². The molecule has 1 saturated heterocycles. The second kappa shape index (κ2) is 9.13. The molecule has 1 aliphatic heterocycles. The van der Waals surface area contributed by atoms with Crippen LogP contribution in [0.1, 0.15) is 5.56 Å². The quantitative estimate of drug-likeness (QED) is 0.918. The smallest absolute Gasteiger partial charge is 0.317 e. The van der Waals surface area contributed by atoms with E-state index in [9.17, 15) is 9.18 Å². The van der Waals surface area contributed by atoms with Crippen LogP contribution in [-0.2, 0) is 11.3 Å². The number of rotatable bonds is 4. The molecule has 0 radical (unpaired) electrons. The molecule has 1 fully saturated rings. The van der Waals surface area contributed by atoms with E-state index in [4.69, 9.17) is 5.11 Å². The van der Waals surface area contributed by atoms with Crippen molar-refractivity contribution in [1.82, 2.24) is 9.80 Å². The second-order valence-corrected chi connectivity index (χ2v) is 4.58. The van der Waals surface area contributed by atoms with Crippen molar-refractivity contribution in [3.8, 4) is 0 Å². The number of nitrogens with zero attached hydrogens (tertiary/aromatic N) is 2. The lowest BCUT2D eigenvalue weighted by molar-refractivity contribution is -0.138. The fourth-order valence-corrected chi connectivity index (χ4v) is 2.19. The molecule has 0 aliphatic carbocycles. The van der Waals surface area contributed by atoms with Gasteiger partial charge in [-0.1, -0.05) is 12.1 Å². The summed E-state index contributed by atoms with van der Waals surface area (Å²) >= 11 is 0. The van der Waals surface area contributed by atoms with E-state index in [0.717, 1.165) is 38.3 Å². The Labute approximate surface area is 130 Å². The third kappa shape index (κ3) is 6.05. The average molecular weight is 325 g/mol. The number of carboxylic acid groups (broad SMARTS) is 1. The zero-order valence-electron chi connectivity index (χ0n) is 11.0. The predicted molar refractivity (Wildman–Crippen MR) is 80.2 cm³/mol. The van der Waals surface area contributed by atoms with Crippen molar-refractivity contribution in [2.75, 3.05) is 32.7 Å². The number of benzene rings is 1. The van der Waals surface area contributed by atoms with Crippen molar-refractivity contribution in [2.24, 2.45) is 0 Å². The van der Waals surface area contributed by atoms with E-state index in [-0.39, 0.29) is 37.2 Å². The monoisotopic (exact) mass is 324 g/mol. The first kappa shape index (κ1) is 19.1. The number of aliphatic carboxylic acids is 1. The van der Waals surface area contributed by atoms with Crippen molar-refractivity contribution in [2.45, 2.75) is 6.54 Å². The topological polar surface area (TPSA) is 43.8 Å². The zero-order chi connectivity index (χ0) is 13.0. The van der Waals surface area contributed by atoms with Crippen molar-refractivity contribution in [3.63, 3.8) is 0 Å². The van der Waals surface area contributed by atoms with Crippen molar-refractivity contribution >= 4 is 30.8 Å².